The number of benzene rings is 1. The predicted octanol–water partition coefficient (Wildman–Crippen LogP) is 4.33. The molecule has 6 nitrogen and oxygen atoms in total. The van der Waals surface area contributed by atoms with E-state index in [1.165, 1.54) is 6.07 Å². The van der Waals surface area contributed by atoms with Crippen molar-refractivity contribution in [2.24, 2.45) is 0 Å². The number of alkyl halides is 3. The molecular weight excluding hydrogens is 377 g/mol. The number of allylic oxidation sites excluding steroid dienone is 1. The Labute approximate surface area is 151 Å². The van der Waals surface area contributed by atoms with Crippen molar-refractivity contribution < 1.29 is 27.2 Å². The van der Waals surface area contributed by atoms with Crippen molar-refractivity contribution in [2.45, 2.75) is 26.4 Å². The molecule has 142 valence electrons. The summed E-state index contributed by atoms with van der Waals surface area (Å²) in [5.74, 6) is 0.158. The lowest BCUT2D eigenvalue weighted by Gasteiger charge is -2.15. The molecule has 0 radical (unpaired) electrons. The van der Waals surface area contributed by atoms with E-state index in [1.807, 2.05) is 0 Å². The second-order valence-electron chi connectivity index (χ2n) is 5.51. The molecule has 0 aliphatic heterocycles. The topological polar surface area (TPSA) is 77.4 Å². The van der Waals surface area contributed by atoms with Gasteiger partial charge in [-0.05, 0) is 37.6 Å². The second kappa shape index (κ2) is 8.31. The highest BCUT2D eigenvalue weighted by Gasteiger charge is 2.27. The van der Waals surface area contributed by atoms with Gasteiger partial charge in [0.05, 0.1) is 18.1 Å². The monoisotopic (exact) mass is 392 g/mol. The molecule has 2 aromatic rings. The van der Waals surface area contributed by atoms with Gasteiger partial charge in [0, 0.05) is 5.56 Å². The molecular formula is C16H16ClF3N2O4. The molecule has 0 bridgehead atoms. The van der Waals surface area contributed by atoms with Crippen molar-refractivity contribution >= 4 is 11.6 Å². The minimum absolute atomic E-state index is 0.0450. The molecule has 0 unspecified atom stereocenters. The van der Waals surface area contributed by atoms with E-state index >= 15 is 0 Å². The molecule has 0 spiro atoms. The van der Waals surface area contributed by atoms with E-state index in [0.717, 1.165) is 0 Å². The summed E-state index contributed by atoms with van der Waals surface area (Å²) in [5, 5.41) is 3.79. The van der Waals surface area contributed by atoms with Crippen LogP contribution < -0.4 is 10.5 Å². The van der Waals surface area contributed by atoms with Gasteiger partial charge in [-0.1, -0.05) is 16.8 Å². The van der Waals surface area contributed by atoms with Crippen LogP contribution in [-0.2, 0) is 4.74 Å². The lowest BCUT2D eigenvalue weighted by molar-refractivity contribution is -0.142. The normalized spacial score (nSPS) is 11.3. The number of aromatic nitrogens is 2. The van der Waals surface area contributed by atoms with E-state index in [2.05, 4.69) is 14.7 Å². The zero-order valence-electron chi connectivity index (χ0n) is 13.9. The number of nitrogens with one attached hydrogen (secondary N) is 1. The minimum Gasteiger partial charge on any atom is -0.494 e. The van der Waals surface area contributed by atoms with Crippen LogP contribution >= 0.6 is 11.6 Å². The van der Waals surface area contributed by atoms with Gasteiger partial charge in [-0.25, -0.2) is 4.79 Å². The second-order valence-corrected chi connectivity index (χ2v) is 5.92. The summed E-state index contributed by atoms with van der Waals surface area (Å²) < 4.78 is 51.7. The fourth-order valence-electron chi connectivity index (χ4n) is 1.89. The third-order valence-corrected chi connectivity index (χ3v) is 3.54. The van der Waals surface area contributed by atoms with Crippen LogP contribution in [0.2, 0.25) is 5.02 Å². The molecule has 0 aliphatic carbocycles. The van der Waals surface area contributed by atoms with E-state index < -0.39 is 25.0 Å². The van der Waals surface area contributed by atoms with Crippen molar-refractivity contribution in [1.82, 2.24) is 10.1 Å². The molecule has 1 N–H and O–H groups in total. The van der Waals surface area contributed by atoms with Gasteiger partial charge in [0.1, 0.15) is 18.1 Å². The summed E-state index contributed by atoms with van der Waals surface area (Å²) in [7, 11) is 0. The molecule has 0 saturated heterocycles. The van der Waals surface area contributed by atoms with Crippen LogP contribution in [0.3, 0.4) is 0 Å². The molecule has 1 heterocycles. The number of hydrogen-bond acceptors (Lipinski definition) is 5. The van der Waals surface area contributed by atoms with Crippen LogP contribution in [0.15, 0.2) is 38.8 Å². The lowest BCUT2D eigenvalue weighted by Crippen LogP contribution is -2.14. The van der Waals surface area contributed by atoms with Gasteiger partial charge >= 0.3 is 11.9 Å². The lowest BCUT2D eigenvalue weighted by atomic mass is 10.2. The van der Waals surface area contributed by atoms with Crippen molar-refractivity contribution in [3.05, 3.63) is 45.1 Å². The Kier molecular flexibility index (Phi) is 6.36. The Bertz CT molecular complexity index is 839. The molecule has 1 aromatic carbocycles. The average Bonchev–Trinajstić information content (AvgIpc) is 2.95. The summed E-state index contributed by atoms with van der Waals surface area (Å²) in [6.45, 7) is 2.90. The Hall–Kier alpha value is -2.42. The van der Waals surface area contributed by atoms with Crippen molar-refractivity contribution in [1.29, 1.82) is 0 Å². The van der Waals surface area contributed by atoms with Gasteiger partial charge in [-0.2, -0.15) is 13.2 Å². The molecule has 0 fully saturated rings. The van der Waals surface area contributed by atoms with Gasteiger partial charge < -0.3 is 9.47 Å². The van der Waals surface area contributed by atoms with Crippen LogP contribution in [-0.4, -0.2) is 29.5 Å². The zero-order chi connectivity index (χ0) is 19.3. The summed E-state index contributed by atoms with van der Waals surface area (Å²) in [6, 6.07) is 4.63. The number of rotatable bonds is 7. The number of halogens is 4. The van der Waals surface area contributed by atoms with E-state index in [1.54, 1.807) is 26.0 Å². The average molecular weight is 393 g/mol. The number of nitrogens with zero attached hydrogens (tertiary/aromatic N) is 1. The van der Waals surface area contributed by atoms with Gasteiger partial charge in [0.25, 0.3) is 0 Å². The highest BCUT2D eigenvalue weighted by molar-refractivity contribution is 6.33. The first-order valence-electron chi connectivity index (χ1n) is 7.50. The predicted molar refractivity (Wildman–Crippen MR) is 88.1 cm³/mol. The van der Waals surface area contributed by atoms with E-state index in [9.17, 15) is 18.0 Å². The van der Waals surface area contributed by atoms with Crippen LogP contribution in [0.1, 0.15) is 20.3 Å². The van der Waals surface area contributed by atoms with Crippen LogP contribution in [0.5, 0.6) is 5.75 Å². The maximum absolute atomic E-state index is 12.2. The Balaban J connectivity index is 2.00. The van der Waals surface area contributed by atoms with Crippen molar-refractivity contribution in [3.63, 3.8) is 0 Å². The summed E-state index contributed by atoms with van der Waals surface area (Å²) >= 11 is 6.13. The van der Waals surface area contributed by atoms with E-state index in [-0.39, 0.29) is 17.5 Å². The smallest absolute Gasteiger partial charge is 0.439 e. The maximum atomic E-state index is 12.2. The zero-order valence-corrected chi connectivity index (χ0v) is 14.7. The SMILES string of the molecule is CC(C)=C(COc1ccc(-c2noc(=O)[nH]2)c(Cl)c1)OCCC(F)(F)F. The molecule has 26 heavy (non-hydrogen) atoms. The standard InChI is InChI=1S/C16H16ClF3N2O4/c1-9(2)13(24-6-5-16(18,19)20)8-25-10-3-4-11(12(17)7-10)14-21-15(23)26-22-14/h3-4,7H,5-6,8H2,1-2H3,(H,21,22,23). The number of hydrogen-bond donors (Lipinski definition) is 1. The van der Waals surface area contributed by atoms with Gasteiger partial charge in [-0.15, -0.1) is 0 Å². The molecule has 2 rings (SSSR count). The van der Waals surface area contributed by atoms with Crippen molar-refractivity contribution in [3.8, 4) is 17.1 Å². The van der Waals surface area contributed by atoms with Gasteiger partial charge in [-0.3, -0.25) is 9.51 Å². The molecule has 10 heteroatoms. The fraction of sp³-hybridized carbons (Fsp3) is 0.375. The minimum atomic E-state index is -4.28. The summed E-state index contributed by atoms with van der Waals surface area (Å²) in [6.07, 6.45) is -5.32. The largest absolute Gasteiger partial charge is 0.494 e. The first-order valence-corrected chi connectivity index (χ1v) is 7.88. The fourth-order valence-corrected chi connectivity index (χ4v) is 2.15. The van der Waals surface area contributed by atoms with Gasteiger partial charge in [0.15, 0.2) is 5.82 Å². The Morgan fingerprint density at radius 3 is 2.62 bits per heavy atom. The molecule has 1 aromatic heterocycles. The summed E-state index contributed by atoms with van der Waals surface area (Å²) in [5.41, 5.74) is 1.14. The first-order chi connectivity index (χ1) is 12.2. The molecule has 0 aliphatic rings. The Morgan fingerprint density at radius 1 is 1.35 bits per heavy atom. The first kappa shape index (κ1) is 19.9. The van der Waals surface area contributed by atoms with Crippen LogP contribution in [0, 0.1) is 0 Å². The molecule has 0 saturated carbocycles. The van der Waals surface area contributed by atoms with E-state index in [0.29, 0.717) is 22.6 Å². The number of ether oxygens (including phenoxy) is 2. The van der Waals surface area contributed by atoms with E-state index in [4.69, 9.17) is 21.1 Å². The van der Waals surface area contributed by atoms with Crippen LogP contribution in [0.25, 0.3) is 11.4 Å². The maximum Gasteiger partial charge on any atom is 0.439 e. The third kappa shape index (κ3) is 5.83. The highest BCUT2D eigenvalue weighted by atomic mass is 35.5. The molecule has 0 atom stereocenters. The molecule has 0 amide bonds. The van der Waals surface area contributed by atoms with Crippen LogP contribution in [0.4, 0.5) is 13.2 Å². The van der Waals surface area contributed by atoms with Gasteiger partial charge in [0.2, 0.25) is 0 Å². The number of H-pyrrole nitrogens is 1. The Morgan fingerprint density at radius 2 is 2.08 bits per heavy atom. The van der Waals surface area contributed by atoms with Crippen molar-refractivity contribution in [2.75, 3.05) is 13.2 Å². The number of aromatic amines is 1. The quantitative estimate of drug-likeness (QED) is 0.710. The third-order valence-electron chi connectivity index (χ3n) is 3.23. The highest BCUT2D eigenvalue weighted by Crippen LogP contribution is 2.29. The summed E-state index contributed by atoms with van der Waals surface area (Å²) in [4.78, 5) is 13.4.